The lowest BCUT2D eigenvalue weighted by molar-refractivity contribution is -0.120. The van der Waals surface area contributed by atoms with Crippen LogP contribution in [-0.4, -0.2) is 33.3 Å². The number of carbonyl (C=O) groups excluding carboxylic acids is 2. The van der Waals surface area contributed by atoms with Gasteiger partial charge in [-0.3, -0.25) is 13.9 Å². The van der Waals surface area contributed by atoms with Crippen LogP contribution in [0.5, 0.6) is 0 Å². The van der Waals surface area contributed by atoms with Gasteiger partial charge in [-0.1, -0.05) is 29.8 Å². The highest BCUT2D eigenvalue weighted by Gasteiger charge is 2.27. The quantitative estimate of drug-likeness (QED) is 0.466. The van der Waals surface area contributed by atoms with Crippen LogP contribution in [0.1, 0.15) is 29.5 Å². The summed E-state index contributed by atoms with van der Waals surface area (Å²) in [5.41, 5.74) is 3.95. The lowest BCUT2D eigenvalue weighted by atomic mass is 10.1. The molecule has 3 aromatic carbocycles. The van der Waals surface area contributed by atoms with Crippen molar-refractivity contribution in [2.75, 3.05) is 22.3 Å². The zero-order valence-corrected chi connectivity index (χ0v) is 21.8. The van der Waals surface area contributed by atoms with E-state index < -0.39 is 22.5 Å². The van der Waals surface area contributed by atoms with Crippen molar-refractivity contribution in [1.29, 1.82) is 0 Å². The van der Waals surface area contributed by atoms with E-state index in [4.69, 9.17) is 11.6 Å². The minimum Gasteiger partial charge on any atom is -0.350 e. The second-order valence-corrected chi connectivity index (χ2v) is 11.1. The molecule has 188 valence electrons. The molecule has 0 atom stereocenters. The predicted octanol–water partition coefficient (Wildman–Crippen LogP) is 4.60. The van der Waals surface area contributed by atoms with E-state index in [2.05, 4.69) is 5.32 Å². The number of nitrogens with zero attached hydrogens (tertiary/aromatic N) is 2. The molecule has 0 spiro atoms. The van der Waals surface area contributed by atoms with Crippen molar-refractivity contribution in [1.82, 2.24) is 5.32 Å². The average molecular weight is 526 g/mol. The highest BCUT2D eigenvalue weighted by molar-refractivity contribution is 7.92. The maximum absolute atomic E-state index is 13.5. The van der Waals surface area contributed by atoms with Crippen LogP contribution in [0, 0.1) is 13.8 Å². The number of nitrogens with one attached hydrogen (secondary N) is 1. The normalized spacial score (nSPS) is 13.6. The number of amides is 2. The van der Waals surface area contributed by atoms with Gasteiger partial charge in [0.25, 0.3) is 10.0 Å². The molecule has 0 saturated carbocycles. The molecule has 3 aromatic rings. The van der Waals surface area contributed by atoms with E-state index in [-0.39, 0.29) is 17.3 Å². The molecule has 0 aromatic heterocycles. The fourth-order valence-electron chi connectivity index (χ4n) is 4.07. The molecular formula is C27H28ClN3O4S. The molecule has 7 nitrogen and oxygen atoms in total. The number of aryl methyl sites for hydroxylation is 2. The number of rotatable bonds is 8. The van der Waals surface area contributed by atoms with Gasteiger partial charge in [0.2, 0.25) is 11.8 Å². The fourth-order valence-corrected chi connectivity index (χ4v) is 5.61. The largest absolute Gasteiger partial charge is 0.350 e. The van der Waals surface area contributed by atoms with Crippen LogP contribution < -0.4 is 14.5 Å². The van der Waals surface area contributed by atoms with E-state index >= 15 is 0 Å². The highest BCUT2D eigenvalue weighted by atomic mass is 35.5. The van der Waals surface area contributed by atoms with Crippen LogP contribution in [0.2, 0.25) is 5.02 Å². The van der Waals surface area contributed by atoms with Gasteiger partial charge in [0.1, 0.15) is 6.54 Å². The molecule has 0 bridgehead atoms. The summed E-state index contributed by atoms with van der Waals surface area (Å²) >= 11 is 5.95. The summed E-state index contributed by atoms with van der Waals surface area (Å²) in [5.74, 6) is -0.360. The van der Waals surface area contributed by atoms with Crippen molar-refractivity contribution in [2.24, 2.45) is 0 Å². The average Bonchev–Trinajstić information content (AvgIpc) is 3.29. The molecule has 2 amide bonds. The Morgan fingerprint density at radius 3 is 2.44 bits per heavy atom. The van der Waals surface area contributed by atoms with E-state index in [1.807, 2.05) is 44.2 Å². The van der Waals surface area contributed by atoms with E-state index in [0.29, 0.717) is 23.7 Å². The van der Waals surface area contributed by atoms with Crippen molar-refractivity contribution in [3.63, 3.8) is 0 Å². The zero-order chi connectivity index (χ0) is 25.9. The molecule has 4 rings (SSSR count). The van der Waals surface area contributed by atoms with Gasteiger partial charge in [-0.25, -0.2) is 8.42 Å². The number of carbonyl (C=O) groups is 2. The highest BCUT2D eigenvalue weighted by Crippen LogP contribution is 2.27. The van der Waals surface area contributed by atoms with Gasteiger partial charge in [-0.15, -0.1) is 0 Å². The zero-order valence-electron chi connectivity index (χ0n) is 20.2. The molecule has 0 unspecified atom stereocenters. The van der Waals surface area contributed by atoms with Crippen molar-refractivity contribution in [2.45, 2.75) is 38.1 Å². The number of benzene rings is 3. The molecule has 9 heteroatoms. The third-order valence-electron chi connectivity index (χ3n) is 6.25. The van der Waals surface area contributed by atoms with Gasteiger partial charge in [-0.2, -0.15) is 0 Å². The Morgan fingerprint density at radius 1 is 1.03 bits per heavy atom. The Labute approximate surface area is 216 Å². The summed E-state index contributed by atoms with van der Waals surface area (Å²) in [4.78, 5) is 26.8. The first-order valence-corrected chi connectivity index (χ1v) is 13.5. The SMILES string of the molecule is Cc1ccc(N(CC(=O)NCc2cccc(N3CCCC3=O)c2)S(=O)(=O)c2ccc(Cl)cc2)cc1C. The number of anilines is 2. The Balaban J connectivity index is 1.54. The van der Waals surface area contributed by atoms with Crippen LogP contribution >= 0.6 is 11.6 Å². The Hall–Kier alpha value is -3.36. The van der Waals surface area contributed by atoms with Crippen LogP contribution in [0.3, 0.4) is 0 Å². The van der Waals surface area contributed by atoms with E-state index in [1.165, 1.54) is 24.3 Å². The smallest absolute Gasteiger partial charge is 0.264 e. The molecule has 1 N–H and O–H groups in total. The van der Waals surface area contributed by atoms with Crippen molar-refractivity contribution >= 4 is 44.8 Å². The minimum atomic E-state index is -4.03. The van der Waals surface area contributed by atoms with E-state index in [1.54, 1.807) is 17.0 Å². The van der Waals surface area contributed by atoms with Gasteiger partial charge < -0.3 is 10.2 Å². The third kappa shape index (κ3) is 5.71. The molecule has 0 radical (unpaired) electrons. The Kier molecular flexibility index (Phi) is 7.66. The van der Waals surface area contributed by atoms with Crippen LogP contribution in [0.4, 0.5) is 11.4 Å². The molecule has 1 heterocycles. The number of sulfonamides is 1. The summed E-state index contributed by atoms with van der Waals surface area (Å²) in [5, 5.41) is 3.24. The van der Waals surface area contributed by atoms with Gasteiger partial charge in [0.05, 0.1) is 10.6 Å². The maximum Gasteiger partial charge on any atom is 0.264 e. The molecule has 1 aliphatic rings. The number of halogens is 1. The topological polar surface area (TPSA) is 86.8 Å². The summed E-state index contributed by atoms with van der Waals surface area (Å²) in [6.45, 7) is 4.33. The minimum absolute atomic E-state index is 0.0425. The Bertz CT molecular complexity index is 1390. The first-order valence-electron chi connectivity index (χ1n) is 11.7. The van der Waals surface area contributed by atoms with E-state index in [9.17, 15) is 18.0 Å². The summed E-state index contributed by atoms with van der Waals surface area (Å²) in [6, 6.07) is 18.6. The van der Waals surface area contributed by atoms with E-state index in [0.717, 1.165) is 33.1 Å². The molecule has 1 aliphatic heterocycles. The van der Waals surface area contributed by atoms with Crippen molar-refractivity contribution in [3.8, 4) is 0 Å². The summed E-state index contributed by atoms with van der Waals surface area (Å²) in [6.07, 6.45) is 1.37. The van der Waals surface area contributed by atoms with Crippen molar-refractivity contribution < 1.29 is 18.0 Å². The fraction of sp³-hybridized carbons (Fsp3) is 0.259. The van der Waals surface area contributed by atoms with Gasteiger partial charge >= 0.3 is 0 Å². The predicted molar refractivity (Wildman–Crippen MR) is 142 cm³/mol. The summed E-state index contributed by atoms with van der Waals surface area (Å²) in [7, 11) is -4.03. The molecular weight excluding hydrogens is 498 g/mol. The molecule has 1 saturated heterocycles. The first kappa shape index (κ1) is 25.7. The van der Waals surface area contributed by atoms with Crippen molar-refractivity contribution in [3.05, 3.63) is 88.4 Å². The van der Waals surface area contributed by atoms with Crippen LogP contribution in [0.15, 0.2) is 71.6 Å². The Morgan fingerprint density at radius 2 is 1.78 bits per heavy atom. The lowest BCUT2D eigenvalue weighted by Crippen LogP contribution is -2.40. The van der Waals surface area contributed by atoms with Crippen LogP contribution in [0.25, 0.3) is 0 Å². The van der Waals surface area contributed by atoms with Crippen LogP contribution in [-0.2, 0) is 26.2 Å². The van der Waals surface area contributed by atoms with Gasteiger partial charge in [0, 0.05) is 30.2 Å². The number of hydrogen-bond donors (Lipinski definition) is 1. The second-order valence-electron chi connectivity index (χ2n) is 8.83. The standard InChI is InChI=1S/C27H28ClN3O4S/c1-19-8-11-24(15-20(19)2)31(36(34,35)25-12-9-22(28)10-13-25)18-26(32)29-17-21-5-3-6-23(16-21)30-14-4-7-27(30)33/h3,5-6,8-13,15-16H,4,7,14,17-18H2,1-2H3,(H,29,32). The third-order valence-corrected chi connectivity index (χ3v) is 8.29. The van der Waals surface area contributed by atoms with Gasteiger partial charge in [0.15, 0.2) is 0 Å². The second kappa shape index (κ2) is 10.7. The summed E-state index contributed by atoms with van der Waals surface area (Å²) < 4.78 is 28.2. The maximum atomic E-state index is 13.5. The first-order chi connectivity index (χ1) is 17.1. The molecule has 36 heavy (non-hydrogen) atoms. The monoisotopic (exact) mass is 525 g/mol. The van der Waals surface area contributed by atoms with Gasteiger partial charge in [-0.05, 0) is 85.5 Å². The lowest BCUT2D eigenvalue weighted by Gasteiger charge is -2.25. The molecule has 0 aliphatic carbocycles. The number of hydrogen-bond acceptors (Lipinski definition) is 4. The molecule has 1 fully saturated rings.